The highest BCUT2D eigenvalue weighted by Crippen LogP contribution is 2.36. The van der Waals surface area contributed by atoms with Crippen molar-refractivity contribution in [3.63, 3.8) is 0 Å². The first-order chi connectivity index (χ1) is 25.3. The fourth-order valence-electron chi connectivity index (χ4n) is 7.35. The van der Waals surface area contributed by atoms with E-state index in [1.54, 1.807) is 0 Å². The lowest BCUT2D eigenvalue weighted by molar-refractivity contribution is 0.830. The maximum atomic E-state index is 5.31. The van der Waals surface area contributed by atoms with Gasteiger partial charge in [-0.1, -0.05) is 133 Å². The first kappa shape index (κ1) is 29.1. The highest BCUT2D eigenvalue weighted by Gasteiger charge is 2.25. The minimum atomic E-state index is 0.0248. The largest absolute Gasteiger partial charge is 0.359 e. The molecule has 51 heavy (non-hydrogen) atoms. The second-order valence-corrected chi connectivity index (χ2v) is 13.0. The zero-order valence-corrected chi connectivity index (χ0v) is 27.6. The minimum absolute atomic E-state index is 0.0248. The molecule has 10 rings (SSSR count). The van der Waals surface area contributed by atoms with Gasteiger partial charge in [-0.2, -0.15) is 0 Å². The van der Waals surface area contributed by atoms with Gasteiger partial charge < -0.3 is 5.32 Å². The topological polar surface area (TPSA) is 54.6 Å². The molecule has 2 aliphatic rings. The molecule has 3 aromatic heterocycles. The van der Waals surface area contributed by atoms with Crippen LogP contribution in [-0.2, 0) is 0 Å². The van der Waals surface area contributed by atoms with E-state index in [9.17, 15) is 0 Å². The first-order valence-corrected chi connectivity index (χ1v) is 17.2. The van der Waals surface area contributed by atoms with Crippen LogP contribution in [0.15, 0.2) is 187 Å². The molecule has 240 valence electrons. The van der Waals surface area contributed by atoms with Gasteiger partial charge in [0, 0.05) is 33.8 Å². The average molecular weight is 654 g/mol. The number of para-hydroxylation sites is 1. The Morgan fingerprint density at radius 3 is 2.08 bits per heavy atom. The summed E-state index contributed by atoms with van der Waals surface area (Å²) in [6.07, 6.45) is 10.6. The summed E-state index contributed by atoms with van der Waals surface area (Å²) in [7, 11) is 0. The third kappa shape index (κ3) is 5.06. The molecule has 1 aliphatic heterocycles. The molecule has 0 saturated carbocycles. The molecule has 1 atom stereocenters. The van der Waals surface area contributed by atoms with E-state index in [-0.39, 0.29) is 6.04 Å². The van der Waals surface area contributed by atoms with Gasteiger partial charge in [-0.15, -0.1) is 0 Å². The van der Waals surface area contributed by atoms with Crippen LogP contribution in [0, 0.1) is 0 Å². The number of fused-ring (bicyclic) bond motifs is 6. The summed E-state index contributed by atoms with van der Waals surface area (Å²) >= 11 is 0. The SMILES string of the molecule is C1=CC2=C(c3cccc(-c4cccc(-c5nc6ccccc6c6nc7ccccn7c56)c4)c3)N=C(c3cccc(-c4ccccc4)c3)NC2C=C1. The predicted octanol–water partition coefficient (Wildman–Crippen LogP) is 10.3. The number of aliphatic imine (C=N–C) groups is 1. The standard InChI is InChI=1S/C46H31N5/c1-2-13-30(14-3-1)31-15-12-20-36(29-31)46-48-40-24-7-4-21-37(40)42(50-46)34-18-10-16-32(27-34)33-17-11-19-35(28-33)43-45-44(38-22-5-6-23-39(38)47-43)49-41-25-8-9-26-51(41)45/h1-29,40H,(H,48,50). The van der Waals surface area contributed by atoms with Crippen LogP contribution in [0.1, 0.15) is 11.1 Å². The molecule has 0 fully saturated rings. The Bertz CT molecular complexity index is 2780. The van der Waals surface area contributed by atoms with Crippen molar-refractivity contribution in [3.05, 3.63) is 193 Å². The van der Waals surface area contributed by atoms with Crippen LogP contribution in [0.2, 0.25) is 0 Å². The molecular formula is C46H31N5. The highest BCUT2D eigenvalue weighted by atomic mass is 15.1. The maximum absolute atomic E-state index is 5.31. The van der Waals surface area contributed by atoms with Gasteiger partial charge in [0.1, 0.15) is 17.0 Å². The zero-order chi connectivity index (χ0) is 33.7. The number of allylic oxidation sites excluding steroid dienone is 2. The molecule has 1 aliphatic carbocycles. The van der Waals surface area contributed by atoms with E-state index < -0.39 is 0 Å². The van der Waals surface area contributed by atoms with E-state index in [0.29, 0.717) is 0 Å². The van der Waals surface area contributed by atoms with Crippen LogP contribution in [0.5, 0.6) is 0 Å². The number of imidazole rings is 1. The van der Waals surface area contributed by atoms with Gasteiger partial charge in [0.15, 0.2) is 0 Å². The van der Waals surface area contributed by atoms with Crippen LogP contribution in [-0.4, -0.2) is 26.2 Å². The van der Waals surface area contributed by atoms with E-state index >= 15 is 0 Å². The summed E-state index contributed by atoms with van der Waals surface area (Å²) in [4.78, 5) is 15.6. The fraction of sp³-hybridized carbons (Fsp3) is 0.0217. The zero-order valence-electron chi connectivity index (χ0n) is 27.6. The smallest absolute Gasteiger partial charge is 0.137 e. The number of hydrogen-bond donors (Lipinski definition) is 1. The molecule has 0 saturated heterocycles. The molecule has 5 aromatic carbocycles. The summed E-state index contributed by atoms with van der Waals surface area (Å²) in [5.41, 5.74) is 14.6. The molecule has 4 heterocycles. The minimum Gasteiger partial charge on any atom is -0.359 e. The Hall–Kier alpha value is -6.85. The van der Waals surface area contributed by atoms with Gasteiger partial charge in [-0.25, -0.2) is 15.0 Å². The number of amidine groups is 1. The van der Waals surface area contributed by atoms with Crippen LogP contribution in [0.4, 0.5) is 0 Å². The van der Waals surface area contributed by atoms with Crippen molar-refractivity contribution in [3.8, 4) is 33.5 Å². The molecule has 5 heteroatoms. The first-order valence-electron chi connectivity index (χ1n) is 17.2. The van der Waals surface area contributed by atoms with E-state index in [4.69, 9.17) is 15.0 Å². The summed E-state index contributed by atoms with van der Waals surface area (Å²) in [5, 5.41) is 4.75. The lowest BCUT2D eigenvalue weighted by atomic mass is 9.92. The van der Waals surface area contributed by atoms with Crippen LogP contribution >= 0.6 is 0 Å². The molecule has 0 radical (unpaired) electrons. The maximum Gasteiger partial charge on any atom is 0.137 e. The van der Waals surface area contributed by atoms with Gasteiger partial charge >= 0.3 is 0 Å². The van der Waals surface area contributed by atoms with Gasteiger partial charge in [0.2, 0.25) is 0 Å². The molecule has 0 amide bonds. The van der Waals surface area contributed by atoms with Crippen molar-refractivity contribution in [1.82, 2.24) is 19.7 Å². The number of rotatable bonds is 5. The number of nitrogens with zero attached hydrogens (tertiary/aromatic N) is 4. The normalized spacial score (nSPS) is 15.3. The van der Waals surface area contributed by atoms with Gasteiger partial charge in [0.25, 0.3) is 0 Å². The number of aromatic nitrogens is 3. The molecule has 0 bridgehead atoms. The van der Waals surface area contributed by atoms with E-state index in [2.05, 4.69) is 155 Å². The fourth-order valence-corrected chi connectivity index (χ4v) is 7.35. The molecule has 1 N–H and O–H groups in total. The lowest BCUT2D eigenvalue weighted by Gasteiger charge is -2.28. The van der Waals surface area contributed by atoms with E-state index in [1.807, 2.05) is 30.3 Å². The molecule has 5 nitrogen and oxygen atoms in total. The summed E-state index contributed by atoms with van der Waals surface area (Å²) in [6.45, 7) is 0. The molecular weight excluding hydrogens is 623 g/mol. The molecule has 1 unspecified atom stereocenters. The number of benzene rings is 5. The number of pyridine rings is 2. The van der Waals surface area contributed by atoms with E-state index in [1.165, 1.54) is 5.56 Å². The van der Waals surface area contributed by atoms with Crippen LogP contribution in [0.25, 0.3) is 66.8 Å². The Labute approximate surface area is 295 Å². The Balaban J connectivity index is 1.08. The average Bonchev–Trinajstić information content (AvgIpc) is 3.61. The third-order valence-corrected chi connectivity index (χ3v) is 9.81. The van der Waals surface area contributed by atoms with Gasteiger partial charge in [0.05, 0.1) is 28.5 Å². The van der Waals surface area contributed by atoms with Gasteiger partial charge in [-0.3, -0.25) is 4.40 Å². The summed E-state index contributed by atoms with van der Waals surface area (Å²) in [6, 6.07) is 50.9. The Kier molecular flexibility index (Phi) is 6.81. The lowest BCUT2D eigenvalue weighted by Crippen LogP contribution is -2.39. The number of hydrogen-bond acceptors (Lipinski definition) is 4. The van der Waals surface area contributed by atoms with Crippen LogP contribution < -0.4 is 5.32 Å². The molecule has 0 spiro atoms. The predicted molar refractivity (Wildman–Crippen MR) is 209 cm³/mol. The second-order valence-electron chi connectivity index (χ2n) is 13.0. The second kappa shape index (κ2) is 11.9. The van der Waals surface area contributed by atoms with Crippen molar-refractivity contribution in [2.24, 2.45) is 4.99 Å². The monoisotopic (exact) mass is 653 g/mol. The van der Waals surface area contributed by atoms with Crippen molar-refractivity contribution in [2.75, 3.05) is 0 Å². The summed E-state index contributed by atoms with van der Waals surface area (Å²) in [5.74, 6) is 0.864. The van der Waals surface area contributed by atoms with Crippen molar-refractivity contribution in [1.29, 1.82) is 0 Å². The van der Waals surface area contributed by atoms with Crippen molar-refractivity contribution < 1.29 is 0 Å². The van der Waals surface area contributed by atoms with Gasteiger partial charge in [-0.05, 0) is 58.7 Å². The van der Waals surface area contributed by atoms with Crippen LogP contribution in [0.3, 0.4) is 0 Å². The molecule has 8 aromatic rings. The van der Waals surface area contributed by atoms with Crippen molar-refractivity contribution >= 4 is 39.1 Å². The van der Waals surface area contributed by atoms with E-state index in [0.717, 1.165) is 83.8 Å². The van der Waals surface area contributed by atoms with Crippen molar-refractivity contribution in [2.45, 2.75) is 6.04 Å². The highest BCUT2D eigenvalue weighted by molar-refractivity contribution is 6.09. The Morgan fingerprint density at radius 1 is 0.549 bits per heavy atom. The Morgan fingerprint density at radius 2 is 1.22 bits per heavy atom. The summed E-state index contributed by atoms with van der Waals surface area (Å²) < 4.78 is 2.15. The number of nitrogens with one attached hydrogen (secondary N) is 1. The quantitative estimate of drug-likeness (QED) is 0.201. The third-order valence-electron chi connectivity index (χ3n) is 9.81.